The predicted octanol–water partition coefficient (Wildman–Crippen LogP) is 4.00. The molecule has 7 nitrogen and oxygen atoms in total. The van der Waals surface area contributed by atoms with E-state index >= 15 is 0 Å². The molecule has 0 fully saturated rings. The molecule has 29 heavy (non-hydrogen) atoms. The standard InChI is InChI=1S/C21H21N3O4S/c1-27-21(26)28-20-18(22-19(25)15-29-17-10-6-3-7-11-17)14-24(23-20)13-12-16-8-4-2-5-9-16/h2-11,14H,12-13,15H2,1H3,(H,22,25). The van der Waals surface area contributed by atoms with Crippen molar-refractivity contribution in [2.75, 3.05) is 18.2 Å². The van der Waals surface area contributed by atoms with Gasteiger partial charge in [0, 0.05) is 11.4 Å². The maximum atomic E-state index is 12.3. The molecule has 0 spiro atoms. The van der Waals surface area contributed by atoms with Crippen molar-refractivity contribution in [1.82, 2.24) is 9.78 Å². The first-order valence-electron chi connectivity index (χ1n) is 8.99. The zero-order valence-corrected chi connectivity index (χ0v) is 16.7. The SMILES string of the molecule is COC(=O)Oc1nn(CCc2ccccc2)cc1NC(=O)CSc1ccccc1. The van der Waals surface area contributed by atoms with Crippen LogP contribution in [0.4, 0.5) is 10.5 Å². The van der Waals surface area contributed by atoms with Gasteiger partial charge < -0.3 is 14.8 Å². The summed E-state index contributed by atoms with van der Waals surface area (Å²) in [5.74, 6) is -0.00389. The van der Waals surface area contributed by atoms with Crippen LogP contribution in [0.1, 0.15) is 5.56 Å². The summed E-state index contributed by atoms with van der Waals surface area (Å²) >= 11 is 1.41. The van der Waals surface area contributed by atoms with Gasteiger partial charge in [0.05, 0.1) is 19.1 Å². The van der Waals surface area contributed by atoms with Gasteiger partial charge in [0.2, 0.25) is 5.91 Å². The van der Waals surface area contributed by atoms with Crippen LogP contribution < -0.4 is 10.1 Å². The normalized spacial score (nSPS) is 10.4. The van der Waals surface area contributed by atoms with E-state index in [4.69, 9.17) is 4.74 Å². The fraction of sp³-hybridized carbons (Fsp3) is 0.190. The van der Waals surface area contributed by atoms with E-state index in [1.54, 1.807) is 10.9 Å². The van der Waals surface area contributed by atoms with Crippen LogP contribution in [0.25, 0.3) is 0 Å². The second-order valence-electron chi connectivity index (χ2n) is 6.05. The van der Waals surface area contributed by atoms with Gasteiger partial charge in [-0.3, -0.25) is 9.48 Å². The summed E-state index contributed by atoms with van der Waals surface area (Å²) in [4.78, 5) is 24.8. The van der Waals surface area contributed by atoms with Crippen molar-refractivity contribution in [3.63, 3.8) is 0 Å². The summed E-state index contributed by atoms with van der Waals surface area (Å²) in [6, 6.07) is 19.6. The fourth-order valence-corrected chi connectivity index (χ4v) is 3.26. The fourth-order valence-electron chi connectivity index (χ4n) is 2.54. The van der Waals surface area contributed by atoms with Crippen LogP contribution in [0.5, 0.6) is 5.88 Å². The van der Waals surface area contributed by atoms with Crippen LogP contribution in [0.15, 0.2) is 71.8 Å². The molecule has 0 aliphatic carbocycles. The number of nitrogens with zero attached hydrogens (tertiary/aromatic N) is 2. The smallest absolute Gasteiger partial charge is 0.437 e. The number of benzene rings is 2. The molecule has 0 atom stereocenters. The van der Waals surface area contributed by atoms with E-state index < -0.39 is 6.16 Å². The van der Waals surface area contributed by atoms with Crippen LogP contribution in [-0.2, 0) is 22.5 Å². The second-order valence-corrected chi connectivity index (χ2v) is 7.10. The van der Waals surface area contributed by atoms with Crippen molar-refractivity contribution in [2.24, 2.45) is 0 Å². The Hall–Kier alpha value is -3.26. The number of hydrogen-bond acceptors (Lipinski definition) is 6. The molecule has 1 aromatic heterocycles. The van der Waals surface area contributed by atoms with Gasteiger partial charge >= 0.3 is 6.16 Å². The number of carbonyl (C=O) groups is 2. The molecular formula is C21H21N3O4S. The van der Waals surface area contributed by atoms with Gasteiger partial charge in [0.15, 0.2) is 0 Å². The average molecular weight is 411 g/mol. The molecule has 0 aliphatic heterocycles. The Morgan fingerprint density at radius 3 is 2.45 bits per heavy atom. The van der Waals surface area contributed by atoms with E-state index in [0.717, 1.165) is 16.9 Å². The molecule has 3 rings (SSSR count). The first-order chi connectivity index (χ1) is 14.1. The van der Waals surface area contributed by atoms with E-state index in [-0.39, 0.29) is 17.5 Å². The van der Waals surface area contributed by atoms with E-state index in [1.165, 1.54) is 18.9 Å². The largest absolute Gasteiger partial charge is 0.515 e. The quantitative estimate of drug-likeness (QED) is 0.446. The highest BCUT2D eigenvalue weighted by Gasteiger charge is 2.17. The summed E-state index contributed by atoms with van der Waals surface area (Å²) in [5.41, 5.74) is 1.48. The lowest BCUT2D eigenvalue weighted by atomic mass is 10.1. The van der Waals surface area contributed by atoms with Crippen LogP contribution in [0.3, 0.4) is 0 Å². The Morgan fingerprint density at radius 2 is 1.76 bits per heavy atom. The highest BCUT2D eigenvalue weighted by Crippen LogP contribution is 2.24. The van der Waals surface area contributed by atoms with E-state index in [9.17, 15) is 9.59 Å². The molecule has 8 heteroatoms. The van der Waals surface area contributed by atoms with Crippen molar-refractivity contribution >= 4 is 29.5 Å². The summed E-state index contributed by atoms with van der Waals surface area (Å²) in [6.07, 6.45) is 1.50. The molecule has 0 saturated carbocycles. The van der Waals surface area contributed by atoms with Crippen LogP contribution in [0, 0.1) is 0 Å². The number of anilines is 1. The number of thioether (sulfide) groups is 1. The van der Waals surface area contributed by atoms with Crippen molar-refractivity contribution in [3.8, 4) is 5.88 Å². The number of amides is 1. The third-order valence-corrected chi connectivity index (χ3v) is 4.95. The topological polar surface area (TPSA) is 82.4 Å². The number of carbonyl (C=O) groups excluding carboxylic acids is 2. The number of hydrogen-bond donors (Lipinski definition) is 1. The third-order valence-electron chi connectivity index (χ3n) is 3.93. The molecule has 3 aromatic rings. The Balaban J connectivity index is 1.65. The molecule has 1 amide bonds. The maximum Gasteiger partial charge on any atom is 0.515 e. The molecule has 0 aliphatic rings. The van der Waals surface area contributed by atoms with Crippen molar-refractivity contribution in [1.29, 1.82) is 0 Å². The van der Waals surface area contributed by atoms with E-state index in [0.29, 0.717) is 12.2 Å². The number of aromatic nitrogens is 2. The molecule has 0 unspecified atom stereocenters. The van der Waals surface area contributed by atoms with Gasteiger partial charge in [-0.15, -0.1) is 16.9 Å². The molecule has 0 radical (unpaired) electrons. The highest BCUT2D eigenvalue weighted by molar-refractivity contribution is 8.00. The summed E-state index contributed by atoms with van der Waals surface area (Å²) in [5, 5.41) is 7.01. The van der Waals surface area contributed by atoms with Crippen LogP contribution in [0.2, 0.25) is 0 Å². The van der Waals surface area contributed by atoms with Crippen LogP contribution >= 0.6 is 11.8 Å². The average Bonchev–Trinajstić information content (AvgIpc) is 3.13. The summed E-state index contributed by atoms with van der Waals surface area (Å²) in [6.45, 7) is 0.566. The van der Waals surface area contributed by atoms with E-state index in [1.807, 2.05) is 60.7 Å². The first kappa shape index (κ1) is 20.5. The Bertz CT molecular complexity index is 945. The molecular weight excluding hydrogens is 390 g/mol. The lowest BCUT2D eigenvalue weighted by molar-refractivity contribution is -0.113. The van der Waals surface area contributed by atoms with E-state index in [2.05, 4.69) is 15.2 Å². The predicted molar refractivity (Wildman–Crippen MR) is 111 cm³/mol. The van der Waals surface area contributed by atoms with Gasteiger partial charge in [0.1, 0.15) is 5.69 Å². The number of aryl methyl sites for hydroxylation is 2. The van der Waals surface area contributed by atoms with Crippen molar-refractivity contribution in [3.05, 3.63) is 72.4 Å². The third kappa shape index (κ3) is 6.39. The minimum atomic E-state index is -0.896. The molecule has 1 N–H and O–H groups in total. The molecule has 150 valence electrons. The summed E-state index contributed by atoms with van der Waals surface area (Å²) in [7, 11) is 1.21. The summed E-state index contributed by atoms with van der Waals surface area (Å²) < 4.78 is 11.2. The number of ether oxygens (including phenoxy) is 2. The van der Waals surface area contributed by atoms with Gasteiger partial charge in [-0.2, -0.15) is 0 Å². The number of rotatable bonds is 8. The minimum Gasteiger partial charge on any atom is -0.437 e. The van der Waals surface area contributed by atoms with Gasteiger partial charge in [-0.05, 0) is 24.1 Å². The van der Waals surface area contributed by atoms with Gasteiger partial charge in [0.25, 0.3) is 5.88 Å². The number of nitrogens with one attached hydrogen (secondary N) is 1. The Morgan fingerprint density at radius 1 is 1.07 bits per heavy atom. The minimum absolute atomic E-state index is 0.00275. The molecule has 2 aromatic carbocycles. The zero-order valence-electron chi connectivity index (χ0n) is 15.9. The molecule has 1 heterocycles. The Kier molecular flexibility index (Phi) is 7.29. The Labute approximate surface area is 173 Å². The lowest BCUT2D eigenvalue weighted by Crippen LogP contribution is -2.15. The van der Waals surface area contributed by atoms with Crippen LogP contribution in [-0.4, -0.2) is 34.7 Å². The lowest BCUT2D eigenvalue weighted by Gasteiger charge is -2.05. The maximum absolute atomic E-state index is 12.3. The highest BCUT2D eigenvalue weighted by atomic mass is 32.2. The van der Waals surface area contributed by atoms with Gasteiger partial charge in [-0.25, -0.2) is 4.79 Å². The van der Waals surface area contributed by atoms with Crippen molar-refractivity contribution < 1.29 is 19.1 Å². The zero-order chi connectivity index (χ0) is 20.5. The monoisotopic (exact) mass is 411 g/mol. The first-order valence-corrected chi connectivity index (χ1v) is 9.97. The number of methoxy groups -OCH3 is 1. The van der Waals surface area contributed by atoms with Gasteiger partial charge in [-0.1, -0.05) is 48.5 Å². The molecule has 0 bridgehead atoms. The molecule has 0 saturated heterocycles. The second kappa shape index (κ2) is 10.3. The van der Waals surface area contributed by atoms with Crippen molar-refractivity contribution in [2.45, 2.75) is 17.9 Å².